The fourth-order valence-electron chi connectivity index (χ4n) is 2.46. The van der Waals surface area contributed by atoms with Crippen LogP contribution in [0, 0.1) is 0 Å². The Morgan fingerprint density at radius 2 is 2.15 bits per heavy atom. The van der Waals surface area contributed by atoms with Crippen molar-refractivity contribution in [1.29, 1.82) is 0 Å². The van der Waals surface area contributed by atoms with Crippen molar-refractivity contribution >= 4 is 5.91 Å². The van der Waals surface area contributed by atoms with Crippen LogP contribution in [0.25, 0.3) is 0 Å². The molecule has 2 N–H and O–H groups in total. The van der Waals surface area contributed by atoms with Gasteiger partial charge in [0.1, 0.15) is 0 Å². The maximum Gasteiger partial charge on any atom is 0.237 e. The lowest BCUT2D eigenvalue weighted by molar-refractivity contribution is -0.122. The summed E-state index contributed by atoms with van der Waals surface area (Å²) in [5.74, 6) is 1.51. The lowest BCUT2D eigenvalue weighted by Crippen LogP contribution is -2.42. The molecule has 2 rings (SSSR count). The summed E-state index contributed by atoms with van der Waals surface area (Å²) < 4.78 is 10.7. The topological polar surface area (TPSA) is 59.6 Å². The van der Waals surface area contributed by atoms with Crippen LogP contribution in [0.1, 0.15) is 24.8 Å². The molecule has 0 aromatic heterocycles. The Bertz CT molecular complexity index is 462. The fourth-order valence-corrected chi connectivity index (χ4v) is 2.46. The van der Waals surface area contributed by atoms with Gasteiger partial charge in [0.05, 0.1) is 20.3 Å². The average Bonchev–Trinajstić information content (AvgIpc) is 2.69. The van der Waals surface area contributed by atoms with Crippen LogP contribution in [0.4, 0.5) is 0 Å². The lowest BCUT2D eigenvalue weighted by atomic mass is 10.1. The zero-order chi connectivity index (χ0) is 14.4. The van der Waals surface area contributed by atoms with Crippen molar-refractivity contribution in [2.45, 2.75) is 31.8 Å². The van der Waals surface area contributed by atoms with Crippen molar-refractivity contribution in [3.63, 3.8) is 0 Å². The van der Waals surface area contributed by atoms with Gasteiger partial charge in [-0.1, -0.05) is 12.1 Å². The first kappa shape index (κ1) is 14.7. The third kappa shape index (κ3) is 3.42. The van der Waals surface area contributed by atoms with Crippen LogP contribution in [0.3, 0.4) is 0 Å². The molecule has 0 aliphatic carbocycles. The molecule has 1 aromatic rings. The molecule has 0 unspecified atom stereocenters. The predicted molar refractivity (Wildman–Crippen MR) is 77.0 cm³/mol. The number of para-hydroxylation sites is 1. The molecule has 20 heavy (non-hydrogen) atoms. The SMILES string of the molecule is COc1cccc(CN[C@@H]2CCCCNC2=O)c1OC. The summed E-state index contributed by atoms with van der Waals surface area (Å²) in [5, 5.41) is 6.23. The van der Waals surface area contributed by atoms with E-state index in [4.69, 9.17) is 9.47 Å². The Balaban J connectivity index is 2.04. The van der Waals surface area contributed by atoms with E-state index >= 15 is 0 Å². The molecular weight excluding hydrogens is 256 g/mol. The van der Waals surface area contributed by atoms with Crippen LogP contribution in [-0.2, 0) is 11.3 Å². The Morgan fingerprint density at radius 1 is 1.30 bits per heavy atom. The molecule has 0 radical (unpaired) electrons. The second-order valence-corrected chi connectivity index (χ2v) is 4.87. The van der Waals surface area contributed by atoms with E-state index in [1.807, 2.05) is 18.2 Å². The number of hydrogen-bond acceptors (Lipinski definition) is 4. The first-order chi connectivity index (χ1) is 9.76. The van der Waals surface area contributed by atoms with Crippen LogP contribution in [0.5, 0.6) is 11.5 Å². The molecule has 1 atom stereocenters. The van der Waals surface area contributed by atoms with Gasteiger partial charge in [0, 0.05) is 18.7 Å². The first-order valence-corrected chi connectivity index (χ1v) is 6.97. The smallest absolute Gasteiger partial charge is 0.237 e. The number of benzene rings is 1. The van der Waals surface area contributed by atoms with Crippen molar-refractivity contribution in [3.8, 4) is 11.5 Å². The van der Waals surface area contributed by atoms with Crippen LogP contribution in [0.2, 0.25) is 0 Å². The molecule has 1 heterocycles. The summed E-state index contributed by atoms with van der Waals surface area (Å²) >= 11 is 0. The van der Waals surface area contributed by atoms with Crippen LogP contribution in [-0.4, -0.2) is 32.7 Å². The van der Waals surface area contributed by atoms with Crippen LogP contribution >= 0.6 is 0 Å². The van der Waals surface area contributed by atoms with Gasteiger partial charge in [-0.2, -0.15) is 0 Å². The van der Waals surface area contributed by atoms with Gasteiger partial charge in [-0.15, -0.1) is 0 Å². The highest BCUT2D eigenvalue weighted by Crippen LogP contribution is 2.30. The number of nitrogens with one attached hydrogen (secondary N) is 2. The second kappa shape index (κ2) is 7.14. The maximum absolute atomic E-state index is 11.9. The van der Waals surface area contributed by atoms with Crippen molar-refractivity contribution in [1.82, 2.24) is 10.6 Å². The lowest BCUT2D eigenvalue weighted by Gasteiger charge is -2.17. The van der Waals surface area contributed by atoms with E-state index < -0.39 is 0 Å². The summed E-state index contributed by atoms with van der Waals surface area (Å²) in [5.41, 5.74) is 0.990. The van der Waals surface area contributed by atoms with E-state index in [1.165, 1.54) is 0 Å². The average molecular weight is 278 g/mol. The van der Waals surface area contributed by atoms with E-state index in [9.17, 15) is 4.79 Å². The van der Waals surface area contributed by atoms with Gasteiger partial charge in [0.25, 0.3) is 0 Å². The highest BCUT2D eigenvalue weighted by molar-refractivity contribution is 5.81. The van der Waals surface area contributed by atoms with Gasteiger partial charge in [-0.3, -0.25) is 4.79 Å². The summed E-state index contributed by atoms with van der Waals surface area (Å²) in [6.45, 7) is 1.36. The highest BCUT2D eigenvalue weighted by atomic mass is 16.5. The third-order valence-electron chi connectivity index (χ3n) is 3.56. The van der Waals surface area contributed by atoms with Gasteiger partial charge < -0.3 is 20.1 Å². The predicted octanol–water partition coefficient (Wildman–Crippen LogP) is 1.46. The van der Waals surface area contributed by atoms with Crippen molar-refractivity contribution in [2.75, 3.05) is 20.8 Å². The summed E-state index contributed by atoms with van der Waals surface area (Å²) in [7, 11) is 3.24. The number of rotatable bonds is 5. The molecule has 0 bridgehead atoms. The molecule has 5 heteroatoms. The van der Waals surface area contributed by atoms with E-state index in [2.05, 4.69) is 10.6 Å². The maximum atomic E-state index is 11.9. The van der Waals surface area contributed by atoms with Crippen LogP contribution in [0.15, 0.2) is 18.2 Å². The monoisotopic (exact) mass is 278 g/mol. The number of carbonyl (C=O) groups excluding carboxylic acids is 1. The van der Waals surface area contributed by atoms with Gasteiger partial charge in [0.2, 0.25) is 5.91 Å². The molecule has 0 spiro atoms. The minimum Gasteiger partial charge on any atom is -0.493 e. The third-order valence-corrected chi connectivity index (χ3v) is 3.56. The quantitative estimate of drug-likeness (QED) is 0.856. The first-order valence-electron chi connectivity index (χ1n) is 6.97. The van der Waals surface area contributed by atoms with Gasteiger partial charge in [0.15, 0.2) is 11.5 Å². The minimum atomic E-state index is -0.131. The molecule has 1 aliphatic heterocycles. The van der Waals surface area contributed by atoms with E-state index in [0.29, 0.717) is 12.3 Å². The summed E-state index contributed by atoms with van der Waals surface area (Å²) in [6, 6.07) is 5.63. The Hall–Kier alpha value is -1.75. The number of methoxy groups -OCH3 is 2. The standard InChI is InChI=1S/C15H22N2O3/c1-19-13-8-5-6-11(14(13)20-2)10-17-12-7-3-4-9-16-15(12)18/h5-6,8,12,17H,3-4,7,9-10H2,1-2H3,(H,16,18)/t12-/m1/s1. The zero-order valence-electron chi connectivity index (χ0n) is 12.1. The number of ether oxygens (including phenoxy) is 2. The van der Waals surface area contributed by atoms with E-state index in [-0.39, 0.29) is 11.9 Å². The van der Waals surface area contributed by atoms with E-state index in [1.54, 1.807) is 14.2 Å². The minimum absolute atomic E-state index is 0.0874. The van der Waals surface area contributed by atoms with E-state index in [0.717, 1.165) is 37.1 Å². The molecule has 1 aliphatic rings. The second-order valence-electron chi connectivity index (χ2n) is 4.87. The van der Waals surface area contributed by atoms with Gasteiger partial charge in [-0.05, 0) is 25.3 Å². The molecule has 1 fully saturated rings. The van der Waals surface area contributed by atoms with Crippen molar-refractivity contribution in [3.05, 3.63) is 23.8 Å². The molecule has 0 saturated carbocycles. The zero-order valence-corrected chi connectivity index (χ0v) is 12.1. The molecule has 5 nitrogen and oxygen atoms in total. The number of carbonyl (C=O) groups is 1. The molecule has 1 amide bonds. The summed E-state index contributed by atoms with van der Waals surface area (Å²) in [4.78, 5) is 11.9. The summed E-state index contributed by atoms with van der Waals surface area (Å²) in [6.07, 6.45) is 2.98. The highest BCUT2D eigenvalue weighted by Gasteiger charge is 2.20. The fraction of sp³-hybridized carbons (Fsp3) is 0.533. The van der Waals surface area contributed by atoms with Gasteiger partial charge in [-0.25, -0.2) is 0 Å². The molecule has 1 aromatic carbocycles. The molecule has 110 valence electrons. The molecule has 1 saturated heterocycles. The Kier molecular flexibility index (Phi) is 5.24. The van der Waals surface area contributed by atoms with Crippen molar-refractivity contribution < 1.29 is 14.3 Å². The largest absolute Gasteiger partial charge is 0.493 e. The Morgan fingerprint density at radius 3 is 2.90 bits per heavy atom. The number of amides is 1. The van der Waals surface area contributed by atoms with Crippen LogP contribution < -0.4 is 20.1 Å². The molecular formula is C15H22N2O3. The Labute approximate surface area is 119 Å². The number of hydrogen-bond donors (Lipinski definition) is 2. The van der Waals surface area contributed by atoms with Crippen molar-refractivity contribution in [2.24, 2.45) is 0 Å². The normalized spacial score (nSPS) is 19.1. The van der Waals surface area contributed by atoms with Gasteiger partial charge >= 0.3 is 0 Å².